The summed E-state index contributed by atoms with van der Waals surface area (Å²) in [5, 5.41) is 4.32. The molecule has 1 aromatic carbocycles. The first-order chi connectivity index (χ1) is 16.7. The number of carbonyl (C=O) groups excluding carboxylic acids is 1. The Labute approximate surface area is 202 Å². The highest BCUT2D eigenvalue weighted by Gasteiger charge is 2.32. The van der Waals surface area contributed by atoms with Crippen LogP contribution < -0.4 is 4.74 Å². The van der Waals surface area contributed by atoms with E-state index in [2.05, 4.69) is 22.2 Å². The molecule has 186 valence electrons. The minimum absolute atomic E-state index is 0.0758. The van der Waals surface area contributed by atoms with Gasteiger partial charge in [0.25, 0.3) is 5.91 Å². The largest absolute Gasteiger partial charge is 0.497 e. The minimum Gasteiger partial charge on any atom is -0.497 e. The van der Waals surface area contributed by atoms with Gasteiger partial charge in [-0.2, -0.15) is 18.3 Å². The molecule has 0 saturated carbocycles. The molecule has 0 spiro atoms. The monoisotopic (exact) mass is 486 g/mol. The van der Waals surface area contributed by atoms with E-state index in [1.165, 1.54) is 22.5 Å². The van der Waals surface area contributed by atoms with Crippen LogP contribution in [-0.4, -0.2) is 45.8 Å². The number of amides is 1. The van der Waals surface area contributed by atoms with Crippen LogP contribution in [-0.2, 0) is 12.6 Å². The van der Waals surface area contributed by atoms with Crippen LogP contribution in [0.1, 0.15) is 59.8 Å². The molecular formula is C26H29F3N4O2. The van der Waals surface area contributed by atoms with Crippen molar-refractivity contribution in [3.05, 3.63) is 71.2 Å². The van der Waals surface area contributed by atoms with Gasteiger partial charge in [0, 0.05) is 19.3 Å². The molecule has 3 heterocycles. The number of carbonyl (C=O) groups is 1. The van der Waals surface area contributed by atoms with E-state index >= 15 is 0 Å². The SMILES string of the molecule is COc1ccc(CC2CCN(C(=O)c3cnn(-c4ccc(C(F)(F)F)cn4)c3C(C)C)CC2)cc1. The molecule has 3 aromatic rings. The molecule has 0 unspecified atom stereocenters. The first-order valence-corrected chi connectivity index (χ1v) is 11.7. The predicted octanol–water partition coefficient (Wildman–Crippen LogP) is 5.51. The van der Waals surface area contributed by atoms with Crippen LogP contribution in [0, 0.1) is 5.92 Å². The van der Waals surface area contributed by atoms with Crippen LogP contribution in [0.2, 0.25) is 0 Å². The highest BCUT2D eigenvalue weighted by Crippen LogP contribution is 2.30. The third kappa shape index (κ3) is 5.49. The molecular weight excluding hydrogens is 457 g/mol. The highest BCUT2D eigenvalue weighted by molar-refractivity contribution is 5.95. The summed E-state index contributed by atoms with van der Waals surface area (Å²) in [7, 11) is 1.65. The van der Waals surface area contributed by atoms with Crippen LogP contribution in [0.3, 0.4) is 0 Å². The van der Waals surface area contributed by atoms with Gasteiger partial charge in [0.15, 0.2) is 5.82 Å². The van der Waals surface area contributed by atoms with Gasteiger partial charge in [0.2, 0.25) is 0 Å². The van der Waals surface area contributed by atoms with Gasteiger partial charge in [-0.25, -0.2) is 9.67 Å². The lowest BCUT2D eigenvalue weighted by molar-refractivity contribution is -0.137. The minimum atomic E-state index is -4.46. The normalized spacial score (nSPS) is 15.0. The van der Waals surface area contributed by atoms with Crippen LogP contribution in [0.25, 0.3) is 5.82 Å². The Balaban J connectivity index is 1.45. The summed E-state index contributed by atoms with van der Waals surface area (Å²) in [4.78, 5) is 19.2. The number of benzene rings is 1. The number of methoxy groups -OCH3 is 1. The van der Waals surface area contributed by atoms with Crippen molar-refractivity contribution in [2.75, 3.05) is 20.2 Å². The number of nitrogens with zero attached hydrogens (tertiary/aromatic N) is 4. The summed E-state index contributed by atoms with van der Waals surface area (Å²) >= 11 is 0. The van der Waals surface area contributed by atoms with Crippen molar-refractivity contribution in [3.63, 3.8) is 0 Å². The number of pyridine rings is 1. The number of hydrogen-bond acceptors (Lipinski definition) is 4. The van der Waals surface area contributed by atoms with Crippen LogP contribution >= 0.6 is 0 Å². The third-order valence-corrected chi connectivity index (χ3v) is 6.46. The van der Waals surface area contributed by atoms with E-state index in [1.54, 1.807) is 7.11 Å². The lowest BCUT2D eigenvalue weighted by Gasteiger charge is -2.32. The van der Waals surface area contributed by atoms with Crippen LogP contribution in [0.15, 0.2) is 48.8 Å². The Bertz CT molecular complexity index is 1150. The zero-order valence-electron chi connectivity index (χ0n) is 20.0. The molecule has 0 aliphatic carbocycles. The fourth-order valence-corrected chi connectivity index (χ4v) is 4.55. The lowest BCUT2D eigenvalue weighted by atomic mass is 9.90. The van der Waals surface area contributed by atoms with E-state index in [9.17, 15) is 18.0 Å². The van der Waals surface area contributed by atoms with Gasteiger partial charge in [0.05, 0.1) is 30.1 Å². The van der Waals surface area contributed by atoms with Crippen molar-refractivity contribution >= 4 is 5.91 Å². The molecule has 0 bridgehead atoms. The van der Waals surface area contributed by atoms with Crippen LogP contribution in [0.5, 0.6) is 5.75 Å². The molecule has 4 rings (SSSR count). The maximum atomic E-state index is 13.4. The van der Waals surface area contributed by atoms with Gasteiger partial charge in [-0.3, -0.25) is 4.79 Å². The first kappa shape index (κ1) is 24.8. The van der Waals surface area contributed by atoms with E-state index in [0.717, 1.165) is 37.3 Å². The quantitative estimate of drug-likeness (QED) is 0.461. The molecule has 0 radical (unpaired) electrons. The van der Waals surface area contributed by atoms with E-state index < -0.39 is 11.7 Å². The lowest BCUT2D eigenvalue weighted by Crippen LogP contribution is -2.39. The number of likely N-dealkylation sites (tertiary alicyclic amines) is 1. The van der Waals surface area contributed by atoms with Crippen molar-refractivity contribution in [1.82, 2.24) is 19.7 Å². The molecule has 35 heavy (non-hydrogen) atoms. The van der Waals surface area contributed by atoms with Gasteiger partial charge in [-0.1, -0.05) is 26.0 Å². The average Bonchev–Trinajstić information content (AvgIpc) is 3.30. The molecule has 1 aliphatic heterocycles. The van der Waals surface area contributed by atoms with Gasteiger partial charge in [-0.15, -0.1) is 0 Å². The van der Waals surface area contributed by atoms with Crippen molar-refractivity contribution in [2.24, 2.45) is 5.92 Å². The van der Waals surface area contributed by atoms with Crippen molar-refractivity contribution in [2.45, 2.75) is 45.2 Å². The molecule has 1 aliphatic rings. The highest BCUT2D eigenvalue weighted by atomic mass is 19.4. The van der Waals surface area contributed by atoms with E-state index in [-0.39, 0.29) is 17.6 Å². The average molecular weight is 487 g/mol. The molecule has 0 atom stereocenters. The predicted molar refractivity (Wildman–Crippen MR) is 126 cm³/mol. The second-order valence-corrected chi connectivity index (χ2v) is 9.20. The molecule has 2 aromatic heterocycles. The molecule has 6 nitrogen and oxygen atoms in total. The number of piperidine rings is 1. The Morgan fingerprint density at radius 1 is 1.09 bits per heavy atom. The Hall–Kier alpha value is -3.36. The van der Waals surface area contributed by atoms with E-state index in [4.69, 9.17) is 4.74 Å². The second kappa shape index (κ2) is 10.1. The van der Waals surface area contributed by atoms with Gasteiger partial charge in [0.1, 0.15) is 5.75 Å². The van der Waals surface area contributed by atoms with Crippen molar-refractivity contribution in [1.29, 1.82) is 0 Å². The molecule has 1 fully saturated rings. The summed E-state index contributed by atoms with van der Waals surface area (Å²) < 4.78 is 45.4. The Morgan fingerprint density at radius 3 is 2.31 bits per heavy atom. The summed E-state index contributed by atoms with van der Waals surface area (Å²) in [6.45, 7) is 5.16. The van der Waals surface area contributed by atoms with Gasteiger partial charge >= 0.3 is 6.18 Å². The summed E-state index contributed by atoms with van der Waals surface area (Å²) in [5.41, 5.74) is 1.54. The topological polar surface area (TPSA) is 60.2 Å². The molecule has 1 amide bonds. The Kier molecular flexibility index (Phi) is 7.14. The maximum Gasteiger partial charge on any atom is 0.417 e. The number of ether oxygens (including phenoxy) is 1. The van der Waals surface area contributed by atoms with E-state index in [0.29, 0.717) is 30.3 Å². The number of hydrogen-bond donors (Lipinski definition) is 0. The van der Waals surface area contributed by atoms with E-state index in [1.807, 2.05) is 30.9 Å². The molecule has 0 N–H and O–H groups in total. The van der Waals surface area contributed by atoms with Gasteiger partial charge < -0.3 is 9.64 Å². The smallest absolute Gasteiger partial charge is 0.417 e. The number of rotatable bonds is 6. The maximum absolute atomic E-state index is 13.4. The van der Waals surface area contributed by atoms with Crippen molar-refractivity contribution in [3.8, 4) is 11.6 Å². The molecule has 1 saturated heterocycles. The fraction of sp³-hybridized carbons (Fsp3) is 0.423. The Morgan fingerprint density at radius 2 is 1.77 bits per heavy atom. The van der Waals surface area contributed by atoms with Crippen molar-refractivity contribution < 1.29 is 22.7 Å². The second-order valence-electron chi connectivity index (χ2n) is 9.20. The van der Waals surface area contributed by atoms with Crippen LogP contribution in [0.4, 0.5) is 13.2 Å². The summed E-state index contributed by atoms with van der Waals surface area (Å²) in [6, 6.07) is 10.3. The third-order valence-electron chi connectivity index (χ3n) is 6.46. The first-order valence-electron chi connectivity index (χ1n) is 11.7. The fourth-order valence-electron chi connectivity index (χ4n) is 4.55. The number of alkyl halides is 3. The standard InChI is InChI=1S/C26H29F3N4O2/c1-17(2)24-22(16-31-33(24)23-9-6-20(15-30-23)26(27,28)29)25(34)32-12-10-19(11-13-32)14-18-4-7-21(35-3)8-5-18/h4-9,15-17,19H,10-14H2,1-3H3. The number of halogens is 3. The number of aromatic nitrogens is 3. The summed E-state index contributed by atoms with van der Waals surface area (Å²) in [5.74, 6) is 1.40. The zero-order chi connectivity index (χ0) is 25.2. The summed E-state index contributed by atoms with van der Waals surface area (Å²) in [6.07, 6.45) is 0.599. The zero-order valence-corrected chi connectivity index (χ0v) is 20.0. The molecule has 9 heteroatoms. The van der Waals surface area contributed by atoms with Gasteiger partial charge in [-0.05, 0) is 60.9 Å².